The zero-order valence-corrected chi connectivity index (χ0v) is 41.2. The molecule has 4 N–H and O–H groups in total. The van der Waals surface area contributed by atoms with Crippen LogP contribution in [-0.4, -0.2) is 52.3 Å². The number of methoxy groups -OCH3 is 1. The van der Waals surface area contributed by atoms with Gasteiger partial charge in [-0.3, -0.25) is 19.6 Å². The van der Waals surface area contributed by atoms with E-state index in [2.05, 4.69) is 38.8 Å². The van der Waals surface area contributed by atoms with Crippen molar-refractivity contribution in [3.8, 4) is 28.7 Å². The Morgan fingerprint density at radius 3 is 1.43 bits per heavy atom. The lowest BCUT2D eigenvalue weighted by Crippen LogP contribution is -2.33. The van der Waals surface area contributed by atoms with Gasteiger partial charge in [0.2, 0.25) is 0 Å². The van der Waals surface area contributed by atoms with Crippen LogP contribution in [0.1, 0.15) is 34.3 Å². The zero-order chi connectivity index (χ0) is 51.1. The van der Waals surface area contributed by atoms with Gasteiger partial charge < -0.3 is 35.1 Å². The summed E-state index contributed by atoms with van der Waals surface area (Å²) in [6.45, 7) is -0.388. The molecule has 0 aliphatic carbocycles. The average molecular weight is 1020 g/mol. The monoisotopic (exact) mass is 1020 g/mol. The molecule has 2 aromatic heterocycles. The molecule has 0 saturated heterocycles. The van der Waals surface area contributed by atoms with Gasteiger partial charge >= 0.3 is 0 Å². The average Bonchev–Trinajstić information content (AvgIpc) is 3.45. The lowest BCUT2D eigenvalue weighted by Gasteiger charge is -2.24. The van der Waals surface area contributed by atoms with Crippen LogP contribution in [0.25, 0.3) is 54.1 Å². The number of fused-ring (bicyclic) bond motifs is 6. The molecule has 11 rings (SSSR count). The number of carbonyl (C=O) groups excluding carboxylic acids is 2. The van der Waals surface area contributed by atoms with E-state index < -0.39 is 12.1 Å². The van der Waals surface area contributed by atoms with Crippen molar-refractivity contribution in [2.45, 2.75) is 12.1 Å². The Hall–Kier alpha value is -8.90. The summed E-state index contributed by atoms with van der Waals surface area (Å²) >= 11 is 13.3. The van der Waals surface area contributed by atoms with Crippen LogP contribution in [0.5, 0.6) is 28.7 Å². The third-order valence-electron chi connectivity index (χ3n) is 12.7. The maximum absolute atomic E-state index is 13.3. The number of ether oxygens (including phenoxy) is 3. The van der Waals surface area contributed by atoms with Crippen LogP contribution >= 0.6 is 23.2 Å². The number of phenolic OH excluding ortho intramolecular Hbond substituents is 2. The first-order valence-corrected chi connectivity index (χ1v) is 24.3. The highest BCUT2D eigenvalue weighted by Gasteiger charge is 2.28. The first-order valence-electron chi connectivity index (χ1n) is 23.6. The molecule has 0 bridgehead atoms. The van der Waals surface area contributed by atoms with Crippen molar-refractivity contribution in [3.63, 3.8) is 0 Å². The second kappa shape index (κ2) is 21.8. The highest BCUT2D eigenvalue weighted by molar-refractivity contribution is 6.36. The van der Waals surface area contributed by atoms with Gasteiger partial charge in [0.25, 0.3) is 11.8 Å². The summed E-state index contributed by atoms with van der Waals surface area (Å²) in [6, 6.07) is 57.0. The number of carbonyl (C=O) groups is 2. The standard InChI is InChI=1S/C32H23ClN2O3.C29H23ClN2O4/c33-28-18-27(32(37)31-25(28)15-8-16-34-31)30(35-29(36)19-38-21-10-2-1-3-11-21)26-17-20-9-4-5-12-22(20)23-13-6-7-14-24(23)26;1-35-25-14-13-21(19-10-5-6-11-20(19)25)27(32-26(33)17-36-18-8-3-2-4-9-18)23-16-24(30)22-12-7-15-31-28(22)29(23)34/h1-18,30,37H,19H2,(H,35,36);2-16,27,34H,17H2,1H3,(H,32,33). The second-order valence-corrected chi connectivity index (χ2v) is 18.0. The summed E-state index contributed by atoms with van der Waals surface area (Å²) in [5.41, 5.74) is 3.21. The van der Waals surface area contributed by atoms with Crippen molar-refractivity contribution in [2.75, 3.05) is 20.3 Å². The number of pyridine rings is 2. The van der Waals surface area contributed by atoms with E-state index in [0.29, 0.717) is 60.2 Å². The summed E-state index contributed by atoms with van der Waals surface area (Å²) in [7, 11) is 1.61. The molecule has 0 saturated carbocycles. The van der Waals surface area contributed by atoms with E-state index in [0.717, 1.165) is 43.4 Å². The molecule has 0 aliphatic heterocycles. The Morgan fingerprint density at radius 1 is 0.473 bits per heavy atom. The number of phenols is 2. The molecule has 0 aliphatic rings. The number of aromatic nitrogens is 2. The summed E-state index contributed by atoms with van der Waals surface area (Å²) in [4.78, 5) is 35.1. The van der Waals surface area contributed by atoms with E-state index in [4.69, 9.17) is 37.4 Å². The van der Waals surface area contributed by atoms with Crippen LogP contribution < -0.4 is 24.8 Å². The second-order valence-electron chi connectivity index (χ2n) is 17.2. The molecule has 13 heteroatoms. The van der Waals surface area contributed by atoms with E-state index in [9.17, 15) is 19.8 Å². The molecule has 9 aromatic carbocycles. The number of amides is 2. The number of halogens is 2. The minimum atomic E-state index is -0.739. The first-order chi connectivity index (χ1) is 36.2. The van der Waals surface area contributed by atoms with Crippen molar-refractivity contribution in [3.05, 3.63) is 233 Å². The number of hydrogen-bond donors (Lipinski definition) is 4. The van der Waals surface area contributed by atoms with Gasteiger partial charge in [-0.25, -0.2) is 0 Å². The van der Waals surface area contributed by atoms with Gasteiger partial charge in [-0.15, -0.1) is 0 Å². The third-order valence-corrected chi connectivity index (χ3v) is 13.3. The SMILES string of the molecule is COc1ccc(C(NC(=O)COc2ccccc2)c2cc(Cl)c3cccnc3c2O)c2ccccc12.O=C(COc1ccccc1)NC(c1cc(Cl)c2cccnc2c1O)c1cc2ccccc2c2ccccc12. The van der Waals surface area contributed by atoms with Crippen LogP contribution in [-0.2, 0) is 9.59 Å². The van der Waals surface area contributed by atoms with Crippen LogP contribution in [0, 0.1) is 0 Å². The van der Waals surface area contributed by atoms with Crippen LogP contribution in [0.2, 0.25) is 10.0 Å². The van der Waals surface area contributed by atoms with Crippen molar-refractivity contribution in [1.82, 2.24) is 20.6 Å². The molecule has 0 spiro atoms. The van der Waals surface area contributed by atoms with Gasteiger partial charge in [0.15, 0.2) is 13.2 Å². The topological polar surface area (TPSA) is 152 Å². The first kappa shape index (κ1) is 48.7. The smallest absolute Gasteiger partial charge is 0.258 e. The molecular weight excluding hydrogens is 972 g/mol. The highest BCUT2D eigenvalue weighted by Crippen LogP contribution is 2.43. The van der Waals surface area contributed by atoms with Gasteiger partial charge in [-0.05, 0) is 111 Å². The minimum Gasteiger partial charge on any atom is -0.505 e. The Morgan fingerprint density at radius 2 is 0.905 bits per heavy atom. The van der Waals surface area contributed by atoms with Gasteiger partial charge in [-0.1, -0.05) is 138 Å². The summed E-state index contributed by atoms with van der Waals surface area (Å²) < 4.78 is 16.9. The zero-order valence-electron chi connectivity index (χ0n) is 39.7. The fourth-order valence-electron chi connectivity index (χ4n) is 9.28. The molecule has 2 heterocycles. The molecule has 0 fully saturated rings. The number of hydrogen-bond acceptors (Lipinski definition) is 9. The molecule has 0 radical (unpaired) electrons. The van der Waals surface area contributed by atoms with E-state index >= 15 is 0 Å². The Balaban J connectivity index is 0.000000170. The van der Waals surface area contributed by atoms with Crippen LogP contribution in [0.3, 0.4) is 0 Å². The Kier molecular flexibility index (Phi) is 14.4. The molecule has 74 heavy (non-hydrogen) atoms. The summed E-state index contributed by atoms with van der Waals surface area (Å²) in [5, 5.41) is 36.8. The maximum Gasteiger partial charge on any atom is 0.258 e. The largest absolute Gasteiger partial charge is 0.505 e. The highest BCUT2D eigenvalue weighted by atomic mass is 35.5. The molecule has 2 amide bonds. The minimum absolute atomic E-state index is 0.0310. The quantitative estimate of drug-likeness (QED) is 0.0827. The summed E-state index contributed by atoms with van der Waals surface area (Å²) in [5.74, 6) is 1.10. The molecule has 366 valence electrons. The number of benzene rings is 9. The van der Waals surface area contributed by atoms with Crippen LogP contribution in [0.15, 0.2) is 200 Å². The van der Waals surface area contributed by atoms with Crippen molar-refractivity contribution >= 4 is 89.1 Å². The predicted octanol–water partition coefficient (Wildman–Crippen LogP) is 13.2. The normalized spacial score (nSPS) is 11.9. The van der Waals surface area contributed by atoms with E-state index in [-0.39, 0.29) is 36.5 Å². The van der Waals surface area contributed by atoms with Gasteiger partial charge in [0.05, 0.1) is 29.2 Å². The lowest BCUT2D eigenvalue weighted by molar-refractivity contribution is -0.124. The van der Waals surface area contributed by atoms with E-state index in [1.54, 1.807) is 80.2 Å². The van der Waals surface area contributed by atoms with Gasteiger partial charge in [0.1, 0.15) is 39.8 Å². The number of aromatic hydroxyl groups is 2. The van der Waals surface area contributed by atoms with Crippen molar-refractivity contribution in [2.24, 2.45) is 0 Å². The molecule has 2 unspecified atom stereocenters. The molecule has 11 aromatic rings. The predicted molar refractivity (Wildman–Crippen MR) is 293 cm³/mol. The Bertz CT molecular complexity index is 3860. The molecule has 11 nitrogen and oxygen atoms in total. The Labute approximate surface area is 435 Å². The van der Waals surface area contributed by atoms with Crippen molar-refractivity contribution in [1.29, 1.82) is 0 Å². The fraction of sp³-hybridized carbons (Fsp3) is 0.0820. The fourth-order valence-corrected chi connectivity index (χ4v) is 9.82. The number of nitrogens with one attached hydrogen (secondary N) is 2. The maximum atomic E-state index is 13.3. The lowest BCUT2D eigenvalue weighted by atomic mass is 9.89. The molecular formula is C61H46Cl2N4O7. The van der Waals surface area contributed by atoms with Crippen molar-refractivity contribution < 1.29 is 34.0 Å². The summed E-state index contributed by atoms with van der Waals surface area (Å²) in [6.07, 6.45) is 3.20. The van der Waals surface area contributed by atoms with Gasteiger partial charge in [0, 0.05) is 39.7 Å². The van der Waals surface area contributed by atoms with E-state index in [1.165, 1.54) is 0 Å². The van der Waals surface area contributed by atoms with E-state index in [1.807, 2.05) is 109 Å². The van der Waals surface area contributed by atoms with Crippen LogP contribution in [0.4, 0.5) is 0 Å². The molecule has 2 atom stereocenters. The van der Waals surface area contributed by atoms with Gasteiger partial charge in [-0.2, -0.15) is 0 Å². The number of para-hydroxylation sites is 2. The number of rotatable bonds is 13. The third kappa shape index (κ3) is 10.1. The number of nitrogens with zero attached hydrogens (tertiary/aromatic N) is 2.